The lowest BCUT2D eigenvalue weighted by molar-refractivity contribution is 0.628. The molecule has 0 aliphatic heterocycles. The molecule has 0 N–H and O–H groups in total. The Kier molecular flexibility index (Phi) is 4.18. The molecule has 0 aromatic heterocycles. The molecule has 0 amide bonds. The molecule has 3 aromatic rings. The van der Waals surface area contributed by atoms with Crippen molar-refractivity contribution in [1.29, 1.82) is 0 Å². The van der Waals surface area contributed by atoms with Gasteiger partial charge in [-0.2, -0.15) is 0 Å². The van der Waals surface area contributed by atoms with Gasteiger partial charge in [-0.3, -0.25) is 0 Å². The maximum absolute atomic E-state index is 16.1. The van der Waals surface area contributed by atoms with E-state index in [0.717, 1.165) is 0 Å². The van der Waals surface area contributed by atoms with Gasteiger partial charge in [0.1, 0.15) is 33.4 Å². The number of hydrogen-bond donors (Lipinski definition) is 0. The molecule has 0 fully saturated rings. The van der Waals surface area contributed by atoms with Gasteiger partial charge in [0.25, 0.3) is 7.57 Å². The predicted octanol–water partition coefficient (Wildman–Crippen LogP) is 4.28. The Balaban J connectivity index is 2.21. The summed E-state index contributed by atoms with van der Waals surface area (Å²) in [5, 5.41) is 0.867. The molecule has 0 radical (unpaired) electrons. The molecule has 0 atom stereocenters. The number of benzene rings is 3. The van der Waals surface area contributed by atoms with E-state index in [-0.39, 0.29) is 15.9 Å². The second-order valence-corrected chi connectivity index (χ2v) is 7.75. The molecule has 0 bridgehead atoms. The van der Waals surface area contributed by atoms with E-state index in [1.165, 1.54) is 72.8 Å². The summed E-state index contributed by atoms with van der Waals surface area (Å²) in [6, 6.07) is 15.3. The van der Waals surface area contributed by atoms with Crippen molar-refractivity contribution in [2.45, 2.75) is 0 Å². The Morgan fingerprint density at radius 2 is 0.652 bits per heavy atom. The van der Waals surface area contributed by atoms with E-state index in [0.29, 0.717) is 0 Å². The second-order valence-electron chi connectivity index (χ2n) is 5.02. The van der Waals surface area contributed by atoms with Gasteiger partial charge < -0.3 is 0 Å². The fourth-order valence-electron chi connectivity index (χ4n) is 2.39. The molecule has 5 heteroatoms. The summed E-state index contributed by atoms with van der Waals surface area (Å²) in [5.41, 5.74) is 0. The van der Waals surface area contributed by atoms with Gasteiger partial charge >= 0.3 is 0 Å². The average molecular weight is 335 g/mol. The lowest BCUT2D eigenvalue weighted by atomic mass is 10.3. The third-order valence-corrected chi connectivity index (χ3v) is 6.58. The minimum atomic E-state index is -3.59. The highest BCUT2D eigenvalue weighted by Crippen LogP contribution is 2.56. The van der Waals surface area contributed by atoms with Crippen molar-refractivity contribution in [3.05, 3.63) is 90.2 Å². The summed E-state index contributed by atoms with van der Waals surface area (Å²) in [7, 11) is -3.59. The van der Waals surface area contributed by atoms with E-state index in [2.05, 4.69) is 0 Å². The third kappa shape index (κ3) is 2.99. The lowest BCUT2D eigenvalue weighted by Gasteiger charge is -2.16. The molecule has 0 nitrogen and oxygen atoms in total. The van der Waals surface area contributed by atoms with Crippen molar-refractivity contribution < 1.29 is 17.4 Å². The summed E-state index contributed by atoms with van der Waals surface area (Å²) in [6.07, 6.45) is 0. The third-order valence-electron chi connectivity index (χ3n) is 3.55. The Morgan fingerprint density at radius 3 is 0.870 bits per heavy atom. The van der Waals surface area contributed by atoms with E-state index in [1.807, 2.05) is 0 Å². The molecule has 116 valence electrons. The number of hydrogen-bond acceptors (Lipinski definition) is 0. The Bertz CT molecular complexity index is 685. The fraction of sp³-hybridized carbons (Fsp3) is 0. The van der Waals surface area contributed by atoms with Crippen molar-refractivity contribution in [1.82, 2.24) is 0 Å². The first-order valence-electron chi connectivity index (χ1n) is 6.87. The number of rotatable bonds is 3. The highest BCUT2D eigenvalue weighted by Gasteiger charge is 2.47. The van der Waals surface area contributed by atoms with E-state index >= 15 is 4.20 Å². The van der Waals surface area contributed by atoms with Crippen LogP contribution in [0.4, 0.5) is 17.4 Å². The first-order chi connectivity index (χ1) is 11.0. The van der Waals surface area contributed by atoms with Crippen LogP contribution in [0.2, 0.25) is 0 Å². The van der Waals surface area contributed by atoms with E-state index in [1.54, 1.807) is 0 Å². The maximum Gasteiger partial charge on any atom is 0.298 e. The van der Waals surface area contributed by atoms with Crippen LogP contribution in [0.5, 0.6) is 0 Å². The molecule has 0 heterocycles. The molecule has 0 aliphatic carbocycles. The molecule has 0 spiro atoms. The second kappa shape index (κ2) is 6.13. The van der Waals surface area contributed by atoms with Crippen LogP contribution < -0.4 is 15.9 Å². The smallest absolute Gasteiger partial charge is 0.207 e. The molecule has 0 saturated heterocycles. The molecular weight excluding hydrogens is 323 g/mol. The SMILES string of the molecule is Fc1ccc([P+](F)(c2ccc(F)cc2)c2ccc(F)cc2)cc1. The van der Waals surface area contributed by atoms with Gasteiger partial charge in [-0.25, -0.2) is 13.2 Å². The van der Waals surface area contributed by atoms with Crippen LogP contribution in [0.15, 0.2) is 72.8 Å². The van der Waals surface area contributed by atoms with E-state index in [9.17, 15) is 13.2 Å². The molecule has 3 aromatic carbocycles. The van der Waals surface area contributed by atoms with E-state index in [4.69, 9.17) is 0 Å². The standard InChI is InChI=1S/C18H12F4P/c19-13-1-7-16(8-2-13)23(22,17-9-3-14(20)4-10-17)18-11-5-15(21)6-12-18/h1-12H/q+1. The van der Waals surface area contributed by atoms with Gasteiger partial charge in [0.05, 0.1) is 0 Å². The Labute approximate surface area is 131 Å². The van der Waals surface area contributed by atoms with Crippen LogP contribution in [0.3, 0.4) is 0 Å². The minimum Gasteiger partial charge on any atom is -0.207 e. The quantitative estimate of drug-likeness (QED) is 0.495. The molecule has 3 rings (SSSR count). The predicted molar refractivity (Wildman–Crippen MR) is 86.1 cm³/mol. The van der Waals surface area contributed by atoms with Crippen LogP contribution >= 0.6 is 7.57 Å². The Morgan fingerprint density at radius 1 is 0.435 bits per heavy atom. The zero-order valence-corrected chi connectivity index (χ0v) is 12.8. The average Bonchev–Trinajstić information content (AvgIpc) is 2.56. The van der Waals surface area contributed by atoms with Crippen molar-refractivity contribution >= 4 is 23.5 Å². The Hall–Kier alpha value is -2.19. The molecular formula is C18H12F4P+. The highest BCUT2D eigenvalue weighted by molar-refractivity contribution is 7.91. The zero-order valence-electron chi connectivity index (χ0n) is 11.9. The van der Waals surface area contributed by atoms with Gasteiger partial charge in [-0.15, -0.1) is 0 Å². The fourth-order valence-corrected chi connectivity index (χ4v) is 4.96. The van der Waals surface area contributed by atoms with Crippen LogP contribution in [0, 0.1) is 17.5 Å². The monoisotopic (exact) mass is 335 g/mol. The summed E-state index contributed by atoms with van der Waals surface area (Å²) in [4.78, 5) is 0. The molecule has 23 heavy (non-hydrogen) atoms. The van der Waals surface area contributed by atoms with Crippen molar-refractivity contribution in [3.8, 4) is 0 Å². The highest BCUT2D eigenvalue weighted by atomic mass is 31.2. The van der Waals surface area contributed by atoms with Crippen molar-refractivity contribution in [3.63, 3.8) is 0 Å². The van der Waals surface area contributed by atoms with Gasteiger partial charge in [-0.1, -0.05) is 0 Å². The summed E-state index contributed by atoms with van der Waals surface area (Å²) < 4.78 is 55.7. The zero-order chi connectivity index (χ0) is 16.4. The van der Waals surface area contributed by atoms with Crippen LogP contribution in [-0.2, 0) is 0 Å². The van der Waals surface area contributed by atoms with Crippen LogP contribution in [0.1, 0.15) is 0 Å². The van der Waals surface area contributed by atoms with E-state index < -0.39 is 25.0 Å². The summed E-state index contributed by atoms with van der Waals surface area (Å²) >= 11 is 0. The van der Waals surface area contributed by atoms with Crippen LogP contribution in [-0.4, -0.2) is 0 Å². The first-order valence-corrected chi connectivity index (χ1v) is 8.55. The van der Waals surface area contributed by atoms with Gasteiger partial charge in [0.2, 0.25) is 0 Å². The normalized spacial score (nSPS) is 11.5. The van der Waals surface area contributed by atoms with Crippen molar-refractivity contribution in [2.75, 3.05) is 0 Å². The lowest BCUT2D eigenvalue weighted by Crippen LogP contribution is -2.28. The summed E-state index contributed by atoms with van der Waals surface area (Å²) in [5.74, 6) is -1.42. The largest absolute Gasteiger partial charge is 0.298 e. The van der Waals surface area contributed by atoms with Gasteiger partial charge in [0.15, 0.2) is 0 Å². The van der Waals surface area contributed by atoms with Gasteiger partial charge in [0, 0.05) is 0 Å². The first kappa shape index (κ1) is 15.7. The maximum atomic E-state index is 16.1. The summed E-state index contributed by atoms with van der Waals surface area (Å²) in [6.45, 7) is 0. The molecule has 0 unspecified atom stereocenters. The minimum absolute atomic E-state index is 0.289. The molecule has 0 saturated carbocycles. The van der Waals surface area contributed by atoms with Crippen LogP contribution in [0.25, 0.3) is 0 Å². The number of halogens is 4. The topological polar surface area (TPSA) is 0 Å². The van der Waals surface area contributed by atoms with Crippen molar-refractivity contribution in [2.24, 2.45) is 0 Å². The molecule has 0 aliphatic rings. The van der Waals surface area contributed by atoms with Gasteiger partial charge in [-0.05, 0) is 77.0 Å².